The van der Waals surface area contributed by atoms with E-state index in [2.05, 4.69) is 20.5 Å². The van der Waals surface area contributed by atoms with Gasteiger partial charge in [0.15, 0.2) is 0 Å². The summed E-state index contributed by atoms with van der Waals surface area (Å²) in [7, 11) is 0. The summed E-state index contributed by atoms with van der Waals surface area (Å²) in [6.45, 7) is 1.99. The number of aromatic amines is 1. The van der Waals surface area contributed by atoms with E-state index in [9.17, 15) is 0 Å². The fraction of sp³-hybridized carbons (Fsp3) is 0.538. The van der Waals surface area contributed by atoms with Gasteiger partial charge in [0.2, 0.25) is 0 Å². The standard InChI is InChI=1S/C13H17ClN4/c1-8-12-10(18-17-8)7-11(14)16-13(12)15-9-5-3-2-4-6-9/h7,9H,2-6H2,1H3,(H,15,16)(H,17,18). The highest BCUT2D eigenvalue weighted by molar-refractivity contribution is 6.30. The monoisotopic (exact) mass is 264 g/mol. The van der Waals surface area contributed by atoms with Crippen molar-refractivity contribution < 1.29 is 0 Å². The maximum absolute atomic E-state index is 6.05. The average molecular weight is 265 g/mol. The van der Waals surface area contributed by atoms with Crippen LogP contribution in [0.5, 0.6) is 0 Å². The van der Waals surface area contributed by atoms with Gasteiger partial charge in [-0.05, 0) is 19.8 Å². The van der Waals surface area contributed by atoms with E-state index >= 15 is 0 Å². The number of nitrogens with one attached hydrogen (secondary N) is 2. The van der Waals surface area contributed by atoms with E-state index in [1.54, 1.807) is 0 Å². The van der Waals surface area contributed by atoms with E-state index in [0.717, 1.165) is 22.4 Å². The quantitative estimate of drug-likeness (QED) is 0.814. The van der Waals surface area contributed by atoms with Gasteiger partial charge in [0.05, 0.1) is 16.6 Å². The van der Waals surface area contributed by atoms with Gasteiger partial charge in [-0.15, -0.1) is 0 Å². The number of nitrogens with zero attached hydrogens (tertiary/aromatic N) is 2. The van der Waals surface area contributed by atoms with Crippen LogP contribution >= 0.6 is 11.6 Å². The molecule has 0 unspecified atom stereocenters. The Labute approximate surface area is 111 Å². The van der Waals surface area contributed by atoms with Crippen LogP contribution in [0.1, 0.15) is 37.8 Å². The number of hydrogen-bond acceptors (Lipinski definition) is 3. The Balaban J connectivity index is 1.96. The summed E-state index contributed by atoms with van der Waals surface area (Å²) >= 11 is 6.05. The van der Waals surface area contributed by atoms with E-state index in [1.807, 2.05) is 13.0 Å². The van der Waals surface area contributed by atoms with Gasteiger partial charge in [0, 0.05) is 12.1 Å². The number of rotatable bonds is 2. The molecule has 0 saturated heterocycles. The van der Waals surface area contributed by atoms with Crippen molar-refractivity contribution in [2.45, 2.75) is 45.1 Å². The zero-order chi connectivity index (χ0) is 12.5. The third kappa shape index (κ3) is 2.17. The van der Waals surface area contributed by atoms with Gasteiger partial charge in [0.1, 0.15) is 11.0 Å². The molecule has 0 aromatic carbocycles. The lowest BCUT2D eigenvalue weighted by atomic mass is 9.95. The molecule has 96 valence electrons. The van der Waals surface area contributed by atoms with E-state index in [1.165, 1.54) is 32.1 Å². The number of halogens is 1. The predicted molar refractivity (Wildman–Crippen MR) is 74.1 cm³/mol. The zero-order valence-corrected chi connectivity index (χ0v) is 11.2. The van der Waals surface area contributed by atoms with Crippen molar-refractivity contribution in [3.05, 3.63) is 16.9 Å². The van der Waals surface area contributed by atoms with Crippen LogP contribution in [0.15, 0.2) is 6.07 Å². The van der Waals surface area contributed by atoms with Crippen LogP contribution in [0.2, 0.25) is 5.15 Å². The molecule has 2 aromatic heterocycles. The molecule has 0 radical (unpaired) electrons. The first-order chi connectivity index (χ1) is 8.74. The van der Waals surface area contributed by atoms with Gasteiger partial charge in [-0.25, -0.2) is 4.98 Å². The molecule has 0 bridgehead atoms. The normalized spacial score (nSPS) is 17.2. The van der Waals surface area contributed by atoms with Crippen molar-refractivity contribution in [1.29, 1.82) is 0 Å². The molecule has 2 aromatic rings. The van der Waals surface area contributed by atoms with E-state index in [-0.39, 0.29) is 0 Å². The molecule has 18 heavy (non-hydrogen) atoms. The van der Waals surface area contributed by atoms with Gasteiger partial charge in [-0.1, -0.05) is 30.9 Å². The fourth-order valence-electron chi connectivity index (χ4n) is 2.71. The first-order valence-electron chi connectivity index (χ1n) is 6.52. The summed E-state index contributed by atoms with van der Waals surface area (Å²) in [5.74, 6) is 0.871. The second kappa shape index (κ2) is 4.76. The Morgan fingerprint density at radius 1 is 1.33 bits per heavy atom. The minimum Gasteiger partial charge on any atom is -0.367 e. The van der Waals surface area contributed by atoms with Crippen LogP contribution < -0.4 is 5.32 Å². The highest BCUT2D eigenvalue weighted by Gasteiger charge is 2.17. The number of fused-ring (bicyclic) bond motifs is 1. The number of hydrogen-bond donors (Lipinski definition) is 2. The molecule has 2 N–H and O–H groups in total. The predicted octanol–water partition coefficient (Wildman–Crippen LogP) is 3.66. The van der Waals surface area contributed by atoms with Crippen molar-refractivity contribution in [3.63, 3.8) is 0 Å². The van der Waals surface area contributed by atoms with Crippen LogP contribution in [0.3, 0.4) is 0 Å². The molecule has 0 atom stereocenters. The molecule has 5 heteroatoms. The van der Waals surface area contributed by atoms with Gasteiger partial charge < -0.3 is 5.32 Å². The van der Waals surface area contributed by atoms with Crippen molar-refractivity contribution >= 4 is 28.3 Å². The van der Waals surface area contributed by atoms with Crippen molar-refractivity contribution in [3.8, 4) is 0 Å². The number of anilines is 1. The minimum atomic E-state index is 0.504. The zero-order valence-electron chi connectivity index (χ0n) is 10.5. The topological polar surface area (TPSA) is 53.6 Å². The summed E-state index contributed by atoms with van der Waals surface area (Å²) in [4.78, 5) is 4.42. The summed E-state index contributed by atoms with van der Waals surface area (Å²) in [5, 5.41) is 12.3. The third-order valence-electron chi connectivity index (χ3n) is 3.64. The first kappa shape index (κ1) is 11.8. The maximum Gasteiger partial charge on any atom is 0.139 e. The van der Waals surface area contributed by atoms with Crippen LogP contribution in [0.25, 0.3) is 10.9 Å². The average Bonchev–Trinajstić information content (AvgIpc) is 2.72. The van der Waals surface area contributed by atoms with Gasteiger partial charge in [-0.3, -0.25) is 5.10 Å². The fourth-order valence-corrected chi connectivity index (χ4v) is 2.91. The Bertz CT molecular complexity index is 557. The summed E-state index contributed by atoms with van der Waals surface area (Å²) < 4.78 is 0. The largest absolute Gasteiger partial charge is 0.367 e. The van der Waals surface area contributed by atoms with Crippen molar-refractivity contribution in [2.24, 2.45) is 0 Å². The Morgan fingerprint density at radius 2 is 2.11 bits per heavy atom. The van der Waals surface area contributed by atoms with E-state index in [4.69, 9.17) is 11.6 Å². The Kier molecular flexibility index (Phi) is 3.12. The van der Waals surface area contributed by atoms with Crippen molar-refractivity contribution in [1.82, 2.24) is 15.2 Å². The number of H-pyrrole nitrogens is 1. The first-order valence-corrected chi connectivity index (χ1v) is 6.89. The van der Waals surface area contributed by atoms with Crippen LogP contribution in [-0.2, 0) is 0 Å². The van der Waals surface area contributed by atoms with Crippen LogP contribution in [0.4, 0.5) is 5.82 Å². The van der Waals surface area contributed by atoms with Crippen molar-refractivity contribution in [2.75, 3.05) is 5.32 Å². The second-order valence-electron chi connectivity index (χ2n) is 5.00. The molecule has 1 fully saturated rings. The minimum absolute atomic E-state index is 0.504. The van der Waals surface area contributed by atoms with E-state index < -0.39 is 0 Å². The van der Waals surface area contributed by atoms with Crippen LogP contribution in [-0.4, -0.2) is 21.2 Å². The SMILES string of the molecule is Cc1n[nH]c2cc(Cl)nc(NC3CCCCC3)c12. The molecule has 1 aliphatic rings. The summed E-state index contributed by atoms with van der Waals surface area (Å²) in [6.07, 6.45) is 6.37. The molecule has 1 saturated carbocycles. The molecule has 0 aliphatic heterocycles. The summed E-state index contributed by atoms with van der Waals surface area (Å²) in [5.41, 5.74) is 1.92. The van der Waals surface area contributed by atoms with Gasteiger partial charge in [0.25, 0.3) is 0 Å². The summed E-state index contributed by atoms with van der Waals surface area (Å²) in [6, 6.07) is 2.34. The smallest absolute Gasteiger partial charge is 0.139 e. The lowest BCUT2D eigenvalue weighted by Gasteiger charge is -2.23. The lowest BCUT2D eigenvalue weighted by Crippen LogP contribution is -2.23. The number of aromatic nitrogens is 3. The molecule has 4 nitrogen and oxygen atoms in total. The lowest BCUT2D eigenvalue weighted by molar-refractivity contribution is 0.462. The Morgan fingerprint density at radius 3 is 2.89 bits per heavy atom. The number of aryl methyl sites for hydroxylation is 1. The molecule has 0 amide bonds. The molecule has 0 spiro atoms. The molecule has 3 rings (SSSR count). The molecular formula is C13H17ClN4. The highest BCUT2D eigenvalue weighted by Crippen LogP contribution is 2.28. The second-order valence-corrected chi connectivity index (χ2v) is 5.39. The van der Waals surface area contributed by atoms with Gasteiger partial charge in [-0.2, -0.15) is 5.10 Å². The maximum atomic E-state index is 6.05. The third-order valence-corrected chi connectivity index (χ3v) is 3.83. The van der Waals surface area contributed by atoms with Gasteiger partial charge >= 0.3 is 0 Å². The highest BCUT2D eigenvalue weighted by atomic mass is 35.5. The molecule has 1 aliphatic carbocycles. The van der Waals surface area contributed by atoms with Crippen LogP contribution in [0, 0.1) is 6.92 Å². The molecular weight excluding hydrogens is 248 g/mol. The number of pyridine rings is 1. The van der Waals surface area contributed by atoms with E-state index in [0.29, 0.717) is 11.2 Å². The Hall–Kier alpha value is -1.29. The molecule has 2 heterocycles.